The lowest BCUT2D eigenvalue weighted by atomic mass is 10.1. The standard InChI is InChI=1S/C16H17N3S2/c1-3-11-9-10-20-14(11)16-19-18-15(21-16)13(17-2)12-7-5-4-6-8-12/h4-10,13,17H,3H2,1-2H3. The molecule has 0 amide bonds. The fourth-order valence-corrected chi connectivity index (χ4v) is 4.42. The molecule has 3 aromatic rings. The number of hydrogen-bond donors (Lipinski definition) is 1. The molecule has 2 aromatic heterocycles. The van der Waals surface area contributed by atoms with Gasteiger partial charge in [0.25, 0.3) is 0 Å². The van der Waals surface area contributed by atoms with Crippen LogP contribution < -0.4 is 5.32 Å². The maximum atomic E-state index is 4.41. The molecule has 1 N–H and O–H groups in total. The van der Waals surface area contributed by atoms with E-state index < -0.39 is 0 Å². The van der Waals surface area contributed by atoms with E-state index in [1.165, 1.54) is 16.0 Å². The highest BCUT2D eigenvalue weighted by Gasteiger charge is 2.19. The van der Waals surface area contributed by atoms with Crippen LogP contribution in [-0.4, -0.2) is 17.2 Å². The molecule has 2 heterocycles. The minimum atomic E-state index is 0.0995. The van der Waals surface area contributed by atoms with Gasteiger partial charge in [-0.2, -0.15) is 0 Å². The smallest absolute Gasteiger partial charge is 0.158 e. The van der Waals surface area contributed by atoms with Crippen LogP contribution in [0.25, 0.3) is 9.88 Å². The maximum absolute atomic E-state index is 4.41. The average molecular weight is 315 g/mol. The first-order valence-corrected chi connectivity index (χ1v) is 8.65. The Morgan fingerprint density at radius 2 is 1.95 bits per heavy atom. The molecule has 0 aliphatic carbocycles. The van der Waals surface area contributed by atoms with Gasteiger partial charge in [0.05, 0.1) is 10.9 Å². The van der Waals surface area contributed by atoms with E-state index >= 15 is 0 Å². The number of nitrogens with one attached hydrogen (secondary N) is 1. The number of benzene rings is 1. The van der Waals surface area contributed by atoms with Crippen LogP contribution in [0.4, 0.5) is 0 Å². The lowest BCUT2D eigenvalue weighted by molar-refractivity contribution is 0.678. The highest BCUT2D eigenvalue weighted by molar-refractivity contribution is 7.21. The molecule has 5 heteroatoms. The van der Waals surface area contributed by atoms with Crippen LogP contribution in [0, 0.1) is 0 Å². The van der Waals surface area contributed by atoms with Crippen molar-refractivity contribution in [2.75, 3.05) is 7.05 Å². The lowest BCUT2D eigenvalue weighted by Crippen LogP contribution is -2.17. The molecule has 1 unspecified atom stereocenters. The Bertz CT molecular complexity index is 703. The summed E-state index contributed by atoms with van der Waals surface area (Å²) in [6.07, 6.45) is 1.03. The summed E-state index contributed by atoms with van der Waals surface area (Å²) in [4.78, 5) is 1.25. The Kier molecular flexibility index (Phi) is 4.43. The second-order valence-electron chi connectivity index (χ2n) is 4.71. The third-order valence-electron chi connectivity index (χ3n) is 3.43. The first kappa shape index (κ1) is 14.4. The Balaban J connectivity index is 1.94. The summed E-state index contributed by atoms with van der Waals surface area (Å²) in [6, 6.07) is 12.6. The lowest BCUT2D eigenvalue weighted by Gasteiger charge is -2.12. The molecule has 21 heavy (non-hydrogen) atoms. The van der Waals surface area contributed by atoms with Gasteiger partial charge in [-0.25, -0.2) is 0 Å². The maximum Gasteiger partial charge on any atom is 0.158 e. The SMILES string of the molecule is CCc1ccsc1-c1nnc(C(NC)c2ccccc2)s1. The van der Waals surface area contributed by atoms with Crippen molar-refractivity contribution < 1.29 is 0 Å². The quantitative estimate of drug-likeness (QED) is 0.769. The van der Waals surface area contributed by atoms with Crippen molar-refractivity contribution in [3.05, 3.63) is 57.9 Å². The molecular formula is C16H17N3S2. The zero-order valence-electron chi connectivity index (χ0n) is 12.0. The molecule has 0 radical (unpaired) electrons. The normalized spacial score (nSPS) is 12.5. The van der Waals surface area contributed by atoms with Crippen LogP contribution in [0.1, 0.15) is 29.1 Å². The zero-order chi connectivity index (χ0) is 14.7. The van der Waals surface area contributed by atoms with Gasteiger partial charge >= 0.3 is 0 Å². The van der Waals surface area contributed by atoms with Crippen molar-refractivity contribution in [3.8, 4) is 9.88 Å². The molecule has 1 aromatic carbocycles. The fraction of sp³-hybridized carbons (Fsp3) is 0.250. The minimum Gasteiger partial charge on any atom is -0.307 e. The molecule has 0 aliphatic heterocycles. The second kappa shape index (κ2) is 6.47. The van der Waals surface area contributed by atoms with Crippen molar-refractivity contribution in [2.24, 2.45) is 0 Å². The Morgan fingerprint density at radius 1 is 1.14 bits per heavy atom. The summed E-state index contributed by atoms with van der Waals surface area (Å²) >= 11 is 3.42. The van der Waals surface area contributed by atoms with Gasteiger partial charge in [0.2, 0.25) is 0 Å². The molecular weight excluding hydrogens is 298 g/mol. The van der Waals surface area contributed by atoms with Gasteiger partial charge in [-0.05, 0) is 36.0 Å². The predicted molar refractivity (Wildman–Crippen MR) is 89.9 cm³/mol. The number of hydrogen-bond acceptors (Lipinski definition) is 5. The number of aryl methyl sites for hydroxylation is 1. The van der Waals surface area contributed by atoms with Gasteiger partial charge in [-0.1, -0.05) is 48.6 Å². The molecule has 0 aliphatic rings. The van der Waals surface area contributed by atoms with Crippen molar-refractivity contribution in [1.29, 1.82) is 0 Å². The number of rotatable bonds is 5. The van der Waals surface area contributed by atoms with Gasteiger partial charge in [-0.15, -0.1) is 21.5 Å². The van der Waals surface area contributed by atoms with Crippen LogP contribution >= 0.6 is 22.7 Å². The van der Waals surface area contributed by atoms with Gasteiger partial charge in [-0.3, -0.25) is 0 Å². The van der Waals surface area contributed by atoms with Gasteiger partial charge in [0, 0.05) is 0 Å². The molecule has 0 fully saturated rings. The first-order valence-electron chi connectivity index (χ1n) is 6.95. The van der Waals surface area contributed by atoms with E-state index in [9.17, 15) is 0 Å². The largest absolute Gasteiger partial charge is 0.307 e. The monoisotopic (exact) mass is 315 g/mol. The van der Waals surface area contributed by atoms with Crippen molar-refractivity contribution in [1.82, 2.24) is 15.5 Å². The van der Waals surface area contributed by atoms with E-state index in [0.29, 0.717) is 0 Å². The number of aromatic nitrogens is 2. The number of thiophene rings is 1. The predicted octanol–water partition coefficient (Wildman–Crippen LogP) is 4.14. The summed E-state index contributed by atoms with van der Waals surface area (Å²) in [5.41, 5.74) is 2.56. The molecule has 3 rings (SSSR count). The minimum absolute atomic E-state index is 0.0995. The summed E-state index contributed by atoms with van der Waals surface area (Å²) in [5.74, 6) is 0. The molecule has 3 nitrogen and oxygen atoms in total. The topological polar surface area (TPSA) is 37.8 Å². The van der Waals surface area contributed by atoms with E-state index in [2.05, 4.69) is 58.1 Å². The Morgan fingerprint density at radius 3 is 2.67 bits per heavy atom. The molecule has 0 spiro atoms. The second-order valence-corrected chi connectivity index (χ2v) is 6.63. The van der Waals surface area contributed by atoms with Gasteiger partial charge in [0.1, 0.15) is 5.01 Å². The van der Waals surface area contributed by atoms with E-state index in [4.69, 9.17) is 0 Å². The molecule has 0 saturated carbocycles. The Labute approximate surface area is 132 Å². The highest BCUT2D eigenvalue weighted by Crippen LogP contribution is 2.34. The van der Waals surface area contributed by atoms with Crippen molar-refractivity contribution >= 4 is 22.7 Å². The van der Waals surface area contributed by atoms with E-state index in [1.54, 1.807) is 22.7 Å². The summed E-state index contributed by atoms with van der Waals surface area (Å²) in [5, 5.41) is 16.3. The van der Waals surface area contributed by atoms with Crippen LogP contribution in [0.15, 0.2) is 41.8 Å². The van der Waals surface area contributed by atoms with Crippen LogP contribution in [0.2, 0.25) is 0 Å². The van der Waals surface area contributed by atoms with E-state index in [1.807, 2.05) is 13.1 Å². The van der Waals surface area contributed by atoms with E-state index in [-0.39, 0.29) is 6.04 Å². The summed E-state index contributed by atoms with van der Waals surface area (Å²) < 4.78 is 0. The molecule has 108 valence electrons. The van der Waals surface area contributed by atoms with Crippen molar-refractivity contribution in [3.63, 3.8) is 0 Å². The summed E-state index contributed by atoms with van der Waals surface area (Å²) in [6.45, 7) is 2.17. The third kappa shape index (κ3) is 2.90. The van der Waals surface area contributed by atoms with Crippen LogP contribution in [0.5, 0.6) is 0 Å². The highest BCUT2D eigenvalue weighted by atomic mass is 32.1. The van der Waals surface area contributed by atoms with Gasteiger partial charge < -0.3 is 5.32 Å². The summed E-state index contributed by atoms with van der Waals surface area (Å²) in [7, 11) is 1.96. The third-order valence-corrected chi connectivity index (χ3v) is 5.53. The Hall–Kier alpha value is -1.56. The average Bonchev–Trinajstić information content (AvgIpc) is 3.17. The number of nitrogens with zero attached hydrogens (tertiary/aromatic N) is 2. The molecule has 1 atom stereocenters. The van der Waals surface area contributed by atoms with Crippen LogP contribution in [-0.2, 0) is 6.42 Å². The fourth-order valence-electron chi connectivity index (χ4n) is 2.32. The van der Waals surface area contributed by atoms with Gasteiger partial charge in [0.15, 0.2) is 5.01 Å². The first-order chi connectivity index (χ1) is 10.3. The molecule has 0 saturated heterocycles. The zero-order valence-corrected chi connectivity index (χ0v) is 13.7. The van der Waals surface area contributed by atoms with E-state index in [0.717, 1.165) is 16.4 Å². The van der Waals surface area contributed by atoms with Crippen molar-refractivity contribution in [2.45, 2.75) is 19.4 Å². The molecule has 0 bridgehead atoms. The van der Waals surface area contributed by atoms with Crippen LogP contribution in [0.3, 0.4) is 0 Å².